The van der Waals surface area contributed by atoms with Gasteiger partial charge >= 0.3 is 0 Å². The molecule has 0 spiro atoms. The van der Waals surface area contributed by atoms with Crippen molar-refractivity contribution in [3.63, 3.8) is 0 Å². The van der Waals surface area contributed by atoms with Crippen LogP contribution in [0.4, 0.5) is 5.69 Å². The van der Waals surface area contributed by atoms with Crippen molar-refractivity contribution in [1.82, 2.24) is 9.88 Å². The number of nitrogens with zero attached hydrogens (tertiary/aromatic N) is 2. The van der Waals surface area contributed by atoms with Gasteiger partial charge in [0.25, 0.3) is 5.91 Å². The Morgan fingerprint density at radius 3 is 2.95 bits per heavy atom. The molecule has 1 aromatic heterocycles. The van der Waals surface area contributed by atoms with Gasteiger partial charge < -0.3 is 10.6 Å². The van der Waals surface area contributed by atoms with Crippen LogP contribution in [0.25, 0.3) is 0 Å². The lowest BCUT2D eigenvalue weighted by molar-refractivity contribution is 0.0735. The zero-order valence-electron chi connectivity index (χ0n) is 11.5. The molecule has 2 aromatic rings. The number of pyridine rings is 1. The Morgan fingerprint density at radius 1 is 1.38 bits per heavy atom. The molecule has 4 nitrogen and oxygen atoms in total. The summed E-state index contributed by atoms with van der Waals surface area (Å²) in [4.78, 5) is 18.7. The van der Waals surface area contributed by atoms with Crippen LogP contribution in [0.15, 0.2) is 42.7 Å². The SMILES string of the molecule is Nc1cc(Cl)cc(C(=O)N2CCCC2c2cccnc2)c1. The molecule has 0 radical (unpaired) electrons. The molecule has 2 heterocycles. The Bertz CT molecular complexity index is 640. The van der Waals surface area contributed by atoms with Gasteiger partial charge in [-0.15, -0.1) is 0 Å². The van der Waals surface area contributed by atoms with E-state index >= 15 is 0 Å². The van der Waals surface area contributed by atoms with Gasteiger partial charge in [0.1, 0.15) is 0 Å². The molecule has 1 atom stereocenters. The van der Waals surface area contributed by atoms with Crippen molar-refractivity contribution in [2.24, 2.45) is 0 Å². The summed E-state index contributed by atoms with van der Waals surface area (Å²) in [7, 11) is 0. The van der Waals surface area contributed by atoms with E-state index in [4.69, 9.17) is 17.3 Å². The van der Waals surface area contributed by atoms with Crippen LogP contribution in [0.3, 0.4) is 0 Å². The van der Waals surface area contributed by atoms with Crippen LogP contribution in [0.2, 0.25) is 5.02 Å². The molecule has 1 fully saturated rings. The topological polar surface area (TPSA) is 59.2 Å². The van der Waals surface area contributed by atoms with Gasteiger partial charge in [-0.25, -0.2) is 0 Å². The van der Waals surface area contributed by atoms with E-state index < -0.39 is 0 Å². The largest absolute Gasteiger partial charge is 0.399 e. The molecule has 108 valence electrons. The summed E-state index contributed by atoms with van der Waals surface area (Å²) < 4.78 is 0. The summed E-state index contributed by atoms with van der Waals surface area (Å²) in [5.41, 5.74) is 7.88. The van der Waals surface area contributed by atoms with Gasteiger partial charge in [-0.1, -0.05) is 17.7 Å². The van der Waals surface area contributed by atoms with Crippen LogP contribution >= 0.6 is 11.6 Å². The molecule has 0 bridgehead atoms. The summed E-state index contributed by atoms with van der Waals surface area (Å²) in [6.07, 6.45) is 5.50. The minimum Gasteiger partial charge on any atom is -0.399 e. The number of benzene rings is 1. The van der Waals surface area contributed by atoms with Crippen LogP contribution < -0.4 is 5.73 Å². The van der Waals surface area contributed by atoms with Gasteiger partial charge in [0.2, 0.25) is 0 Å². The Labute approximate surface area is 128 Å². The first kappa shape index (κ1) is 13.9. The molecule has 1 amide bonds. The van der Waals surface area contributed by atoms with Gasteiger partial charge in [0, 0.05) is 35.2 Å². The van der Waals surface area contributed by atoms with Crippen LogP contribution in [-0.2, 0) is 0 Å². The summed E-state index contributed by atoms with van der Waals surface area (Å²) in [5, 5.41) is 0.482. The molecule has 1 aliphatic heterocycles. The highest BCUT2D eigenvalue weighted by molar-refractivity contribution is 6.31. The predicted octanol–water partition coefficient (Wildman–Crippen LogP) is 3.29. The normalized spacial score (nSPS) is 18.0. The average Bonchev–Trinajstić information content (AvgIpc) is 2.95. The highest BCUT2D eigenvalue weighted by Gasteiger charge is 2.30. The lowest BCUT2D eigenvalue weighted by atomic mass is 10.1. The molecule has 0 saturated carbocycles. The molecule has 1 saturated heterocycles. The monoisotopic (exact) mass is 301 g/mol. The van der Waals surface area contributed by atoms with E-state index in [0.717, 1.165) is 24.9 Å². The fraction of sp³-hybridized carbons (Fsp3) is 0.250. The van der Waals surface area contributed by atoms with E-state index in [1.807, 2.05) is 23.2 Å². The van der Waals surface area contributed by atoms with Gasteiger partial charge in [-0.3, -0.25) is 9.78 Å². The molecule has 2 N–H and O–H groups in total. The van der Waals surface area contributed by atoms with Crippen molar-refractivity contribution >= 4 is 23.2 Å². The number of hydrogen-bond donors (Lipinski definition) is 1. The summed E-state index contributed by atoms with van der Waals surface area (Å²) in [6.45, 7) is 0.741. The number of amides is 1. The fourth-order valence-corrected chi connectivity index (χ4v) is 3.07. The number of nitrogen functional groups attached to an aromatic ring is 1. The zero-order chi connectivity index (χ0) is 14.8. The van der Waals surface area contributed by atoms with Crippen molar-refractivity contribution in [3.05, 3.63) is 58.9 Å². The second-order valence-electron chi connectivity index (χ2n) is 5.22. The summed E-state index contributed by atoms with van der Waals surface area (Å²) in [6, 6.07) is 8.96. The number of anilines is 1. The highest BCUT2D eigenvalue weighted by atomic mass is 35.5. The second kappa shape index (κ2) is 5.74. The van der Waals surface area contributed by atoms with Gasteiger partial charge in [-0.2, -0.15) is 0 Å². The first-order valence-corrected chi connectivity index (χ1v) is 7.30. The van der Waals surface area contributed by atoms with Crippen LogP contribution in [-0.4, -0.2) is 22.3 Å². The van der Waals surface area contributed by atoms with E-state index in [0.29, 0.717) is 16.3 Å². The summed E-state index contributed by atoms with van der Waals surface area (Å²) in [5.74, 6) is -0.0319. The Hall–Kier alpha value is -2.07. The third-order valence-corrected chi connectivity index (χ3v) is 3.97. The average molecular weight is 302 g/mol. The van der Waals surface area contributed by atoms with Crippen molar-refractivity contribution < 1.29 is 4.79 Å². The van der Waals surface area contributed by atoms with Gasteiger partial charge in [-0.05, 0) is 42.7 Å². The number of rotatable bonds is 2. The fourth-order valence-electron chi connectivity index (χ4n) is 2.83. The lowest BCUT2D eigenvalue weighted by Crippen LogP contribution is -2.30. The predicted molar refractivity (Wildman–Crippen MR) is 83.1 cm³/mol. The van der Waals surface area contributed by atoms with Crippen molar-refractivity contribution in [2.75, 3.05) is 12.3 Å². The molecule has 3 rings (SSSR count). The molecule has 0 aliphatic carbocycles. The molecule has 1 aliphatic rings. The highest BCUT2D eigenvalue weighted by Crippen LogP contribution is 2.33. The second-order valence-corrected chi connectivity index (χ2v) is 5.65. The number of carbonyl (C=O) groups is 1. The first-order chi connectivity index (χ1) is 10.1. The minimum absolute atomic E-state index is 0.0319. The number of aromatic nitrogens is 1. The van der Waals surface area contributed by atoms with E-state index in [1.165, 1.54) is 0 Å². The number of likely N-dealkylation sites (tertiary alicyclic amines) is 1. The van der Waals surface area contributed by atoms with Crippen molar-refractivity contribution in [1.29, 1.82) is 0 Å². The molecular formula is C16H16ClN3O. The minimum atomic E-state index is -0.0319. The molecule has 1 unspecified atom stereocenters. The third kappa shape index (κ3) is 2.85. The van der Waals surface area contributed by atoms with E-state index in [2.05, 4.69) is 4.98 Å². The molecule has 1 aromatic carbocycles. The van der Waals surface area contributed by atoms with Crippen molar-refractivity contribution in [3.8, 4) is 0 Å². The van der Waals surface area contributed by atoms with E-state index in [9.17, 15) is 4.79 Å². The number of hydrogen-bond acceptors (Lipinski definition) is 3. The number of nitrogens with two attached hydrogens (primary N) is 1. The molecular weight excluding hydrogens is 286 g/mol. The Morgan fingerprint density at radius 2 is 2.24 bits per heavy atom. The smallest absolute Gasteiger partial charge is 0.254 e. The Balaban J connectivity index is 1.90. The van der Waals surface area contributed by atoms with Gasteiger partial charge in [0.15, 0.2) is 0 Å². The molecule has 5 heteroatoms. The van der Waals surface area contributed by atoms with Crippen molar-refractivity contribution in [2.45, 2.75) is 18.9 Å². The van der Waals surface area contributed by atoms with Crippen LogP contribution in [0.5, 0.6) is 0 Å². The maximum absolute atomic E-state index is 12.7. The lowest BCUT2D eigenvalue weighted by Gasteiger charge is -2.25. The number of halogens is 1. The molecule has 21 heavy (non-hydrogen) atoms. The number of carbonyl (C=O) groups excluding carboxylic acids is 1. The summed E-state index contributed by atoms with van der Waals surface area (Å²) >= 11 is 5.99. The van der Waals surface area contributed by atoms with E-state index in [-0.39, 0.29) is 11.9 Å². The first-order valence-electron chi connectivity index (χ1n) is 6.92. The quantitative estimate of drug-likeness (QED) is 0.866. The Kier molecular flexibility index (Phi) is 3.80. The van der Waals surface area contributed by atoms with E-state index in [1.54, 1.807) is 24.4 Å². The maximum Gasteiger partial charge on any atom is 0.254 e. The zero-order valence-corrected chi connectivity index (χ0v) is 12.3. The standard InChI is InChI=1S/C16H16ClN3O/c17-13-7-12(8-14(18)9-13)16(21)20-6-2-4-15(20)11-3-1-5-19-10-11/h1,3,5,7-10,15H,2,4,6,18H2. The third-order valence-electron chi connectivity index (χ3n) is 3.75. The van der Waals surface area contributed by atoms with Gasteiger partial charge in [0.05, 0.1) is 6.04 Å². The van der Waals surface area contributed by atoms with Crippen LogP contribution in [0.1, 0.15) is 34.8 Å². The maximum atomic E-state index is 12.7. The van der Waals surface area contributed by atoms with Crippen LogP contribution in [0, 0.1) is 0 Å².